The van der Waals surface area contributed by atoms with Crippen LogP contribution in [0.15, 0.2) is 28.7 Å². The predicted molar refractivity (Wildman–Crippen MR) is 107 cm³/mol. The molecule has 2 amide bonds. The first-order chi connectivity index (χ1) is 14.0. The minimum atomic E-state index is -0.0899. The van der Waals surface area contributed by atoms with Gasteiger partial charge in [0, 0.05) is 37.7 Å². The van der Waals surface area contributed by atoms with Crippen molar-refractivity contribution in [3.8, 4) is 0 Å². The third-order valence-corrected chi connectivity index (χ3v) is 5.71. The Morgan fingerprint density at radius 3 is 2.38 bits per heavy atom. The molecule has 7 nitrogen and oxygen atoms in total. The van der Waals surface area contributed by atoms with Crippen molar-refractivity contribution in [2.45, 2.75) is 32.6 Å². The number of morpholine rings is 1. The Kier molecular flexibility index (Phi) is 5.67. The van der Waals surface area contributed by atoms with Crippen LogP contribution in [0.3, 0.4) is 0 Å². The first-order valence-corrected chi connectivity index (χ1v) is 10.2. The molecule has 1 aromatic heterocycles. The van der Waals surface area contributed by atoms with Crippen LogP contribution < -0.4 is 0 Å². The van der Waals surface area contributed by atoms with Crippen molar-refractivity contribution >= 4 is 11.8 Å². The number of oxazole rings is 1. The largest absolute Gasteiger partial charge is 0.445 e. The summed E-state index contributed by atoms with van der Waals surface area (Å²) in [6.07, 6.45) is 1.56. The summed E-state index contributed by atoms with van der Waals surface area (Å²) in [4.78, 5) is 33.7. The highest BCUT2D eigenvalue weighted by Crippen LogP contribution is 2.30. The van der Waals surface area contributed by atoms with Crippen molar-refractivity contribution in [2.75, 3.05) is 39.4 Å². The number of piperidine rings is 1. The van der Waals surface area contributed by atoms with Crippen LogP contribution in [0.2, 0.25) is 0 Å². The second-order valence-corrected chi connectivity index (χ2v) is 7.80. The van der Waals surface area contributed by atoms with Gasteiger partial charge in [-0.15, -0.1) is 0 Å². The molecule has 0 radical (unpaired) electrons. The normalized spacial score (nSPS) is 18.1. The maximum atomic E-state index is 12.7. The molecule has 2 aromatic rings. The van der Waals surface area contributed by atoms with Gasteiger partial charge in [0.1, 0.15) is 5.76 Å². The minimum absolute atomic E-state index is 0.0684. The Hall–Kier alpha value is -2.67. The highest BCUT2D eigenvalue weighted by molar-refractivity contribution is 5.94. The molecule has 2 aliphatic rings. The van der Waals surface area contributed by atoms with Gasteiger partial charge in [-0.1, -0.05) is 17.7 Å². The fourth-order valence-electron chi connectivity index (χ4n) is 4.00. The van der Waals surface area contributed by atoms with Gasteiger partial charge in [0.15, 0.2) is 11.6 Å². The van der Waals surface area contributed by atoms with E-state index in [1.807, 2.05) is 36.1 Å². The summed E-state index contributed by atoms with van der Waals surface area (Å²) in [7, 11) is 0. The number of ether oxygens (including phenoxy) is 1. The molecule has 29 heavy (non-hydrogen) atoms. The SMILES string of the molecule is Cc1cccc(C(=O)N2CCC(c3nc(C(=O)N4CCOCC4)c(C)o3)CC2)c1. The van der Waals surface area contributed by atoms with Crippen LogP contribution in [0.5, 0.6) is 0 Å². The van der Waals surface area contributed by atoms with Crippen molar-refractivity contribution in [1.82, 2.24) is 14.8 Å². The van der Waals surface area contributed by atoms with E-state index in [4.69, 9.17) is 9.15 Å². The lowest BCUT2D eigenvalue weighted by atomic mass is 9.96. The second-order valence-electron chi connectivity index (χ2n) is 7.80. The number of aryl methyl sites for hydroxylation is 2. The molecule has 7 heteroatoms. The van der Waals surface area contributed by atoms with Crippen LogP contribution in [0.1, 0.15) is 56.8 Å². The minimum Gasteiger partial charge on any atom is -0.445 e. The summed E-state index contributed by atoms with van der Waals surface area (Å²) < 4.78 is 11.2. The fourth-order valence-corrected chi connectivity index (χ4v) is 4.00. The molecule has 2 fully saturated rings. The first kappa shape index (κ1) is 19.6. The maximum Gasteiger partial charge on any atom is 0.276 e. The lowest BCUT2D eigenvalue weighted by molar-refractivity contribution is 0.0298. The topological polar surface area (TPSA) is 75.9 Å². The molecule has 154 valence electrons. The van der Waals surface area contributed by atoms with E-state index in [0.717, 1.165) is 24.0 Å². The third-order valence-electron chi connectivity index (χ3n) is 5.71. The summed E-state index contributed by atoms with van der Waals surface area (Å²) in [6, 6.07) is 7.69. The second kappa shape index (κ2) is 8.37. The van der Waals surface area contributed by atoms with Gasteiger partial charge >= 0.3 is 0 Å². The van der Waals surface area contributed by atoms with Crippen LogP contribution >= 0.6 is 0 Å². The molecule has 1 aromatic carbocycles. The average molecular weight is 397 g/mol. The lowest BCUT2D eigenvalue weighted by Gasteiger charge is -2.30. The van der Waals surface area contributed by atoms with E-state index in [0.29, 0.717) is 56.7 Å². The molecule has 0 bridgehead atoms. The summed E-state index contributed by atoms with van der Waals surface area (Å²) in [5.74, 6) is 1.28. The molecule has 0 aliphatic carbocycles. The standard InChI is InChI=1S/C22H27N3O4/c1-15-4-3-5-18(14-15)21(26)24-8-6-17(7-9-24)20-23-19(16(2)29-20)22(27)25-10-12-28-13-11-25/h3-5,14,17H,6-13H2,1-2H3. The molecular weight excluding hydrogens is 370 g/mol. The number of hydrogen-bond acceptors (Lipinski definition) is 5. The molecule has 0 N–H and O–H groups in total. The predicted octanol–water partition coefficient (Wildman–Crippen LogP) is 2.78. The molecule has 0 saturated carbocycles. The van der Waals surface area contributed by atoms with Gasteiger partial charge in [-0.2, -0.15) is 0 Å². The molecule has 0 unspecified atom stereocenters. The van der Waals surface area contributed by atoms with E-state index >= 15 is 0 Å². The smallest absolute Gasteiger partial charge is 0.276 e. The van der Waals surface area contributed by atoms with Crippen LogP contribution in [0, 0.1) is 13.8 Å². The molecule has 3 heterocycles. The first-order valence-electron chi connectivity index (χ1n) is 10.2. The van der Waals surface area contributed by atoms with Crippen molar-refractivity contribution in [1.29, 1.82) is 0 Å². The van der Waals surface area contributed by atoms with E-state index in [9.17, 15) is 9.59 Å². The zero-order valence-electron chi connectivity index (χ0n) is 17.0. The molecule has 4 rings (SSSR count). The van der Waals surface area contributed by atoms with Crippen molar-refractivity contribution in [2.24, 2.45) is 0 Å². The number of rotatable bonds is 3. The van der Waals surface area contributed by atoms with Crippen LogP contribution in [0.4, 0.5) is 0 Å². The van der Waals surface area contributed by atoms with Crippen molar-refractivity contribution in [3.63, 3.8) is 0 Å². The van der Waals surface area contributed by atoms with Gasteiger partial charge in [-0.05, 0) is 38.8 Å². The Morgan fingerprint density at radius 1 is 1.00 bits per heavy atom. The molecular formula is C22H27N3O4. The van der Waals surface area contributed by atoms with Gasteiger partial charge < -0.3 is 19.0 Å². The summed E-state index contributed by atoms with van der Waals surface area (Å²) in [5.41, 5.74) is 2.22. The monoisotopic (exact) mass is 397 g/mol. The average Bonchev–Trinajstić information content (AvgIpc) is 3.15. The fraction of sp³-hybridized carbons (Fsp3) is 0.500. The zero-order valence-corrected chi connectivity index (χ0v) is 17.0. The van der Waals surface area contributed by atoms with Gasteiger partial charge in [-0.3, -0.25) is 9.59 Å². The van der Waals surface area contributed by atoms with E-state index < -0.39 is 0 Å². The lowest BCUT2D eigenvalue weighted by Crippen LogP contribution is -2.41. The van der Waals surface area contributed by atoms with Crippen molar-refractivity contribution < 1.29 is 18.7 Å². The van der Waals surface area contributed by atoms with Crippen molar-refractivity contribution in [3.05, 3.63) is 52.7 Å². The molecule has 0 spiro atoms. The van der Waals surface area contributed by atoms with Gasteiger partial charge in [0.2, 0.25) is 0 Å². The number of carbonyl (C=O) groups is 2. The number of likely N-dealkylation sites (tertiary alicyclic amines) is 1. The van der Waals surface area contributed by atoms with Gasteiger partial charge in [0.05, 0.1) is 13.2 Å². The highest BCUT2D eigenvalue weighted by atomic mass is 16.5. The zero-order chi connectivity index (χ0) is 20.4. The molecule has 2 aliphatic heterocycles. The Balaban J connectivity index is 1.40. The van der Waals surface area contributed by atoms with E-state index in [1.165, 1.54) is 0 Å². The van der Waals surface area contributed by atoms with Crippen LogP contribution in [0.25, 0.3) is 0 Å². The highest BCUT2D eigenvalue weighted by Gasteiger charge is 2.30. The number of hydrogen-bond donors (Lipinski definition) is 0. The van der Waals surface area contributed by atoms with E-state index in [2.05, 4.69) is 4.98 Å². The van der Waals surface area contributed by atoms with Gasteiger partial charge in [0.25, 0.3) is 11.8 Å². The Labute approximate surface area is 170 Å². The summed E-state index contributed by atoms with van der Waals surface area (Å²) in [5, 5.41) is 0. The summed E-state index contributed by atoms with van der Waals surface area (Å²) >= 11 is 0. The molecule has 0 atom stereocenters. The van der Waals surface area contributed by atoms with Gasteiger partial charge in [-0.25, -0.2) is 4.98 Å². The number of nitrogens with zero attached hydrogens (tertiary/aromatic N) is 3. The van der Waals surface area contributed by atoms with Crippen LogP contribution in [-0.4, -0.2) is 66.0 Å². The van der Waals surface area contributed by atoms with E-state index in [1.54, 1.807) is 11.8 Å². The summed E-state index contributed by atoms with van der Waals surface area (Å²) in [6.45, 7) is 7.38. The number of aromatic nitrogens is 1. The van der Waals surface area contributed by atoms with E-state index in [-0.39, 0.29) is 17.7 Å². The molecule has 2 saturated heterocycles. The Morgan fingerprint density at radius 2 is 1.69 bits per heavy atom. The third kappa shape index (κ3) is 4.19. The quantitative estimate of drug-likeness (QED) is 0.796. The maximum absolute atomic E-state index is 12.7. The Bertz CT molecular complexity index is 893. The van der Waals surface area contributed by atoms with Crippen LogP contribution in [-0.2, 0) is 4.74 Å². The number of amides is 2. The number of carbonyl (C=O) groups excluding carboxylic acids is 2. The number of benzene rings is 1.